The first-order valence-electron chi connectivity index (χ1n) is 7.98. The van der Waals surface area contributed by atoms with Crippen molar-refractivity contribution in [2.24, 2.45) is 0 Å². The average Bonchev–Trinajstić information content (AvgIpc) is 2.39. The van der Waals surface area contributed by atoms with Crippen LogP contribution in [0.25, 0.3) is 0 Å². The highest BCUT2D eigenvalue weighted by Crippen LogP contribution is 2.10. The molecule has 1 N–H and O–H groups in total. The molecule has 0 aliphatic rings. The van der Waals surface area contributed by atoms with Crippen LogP contribution in [0, 0.1) is 11.8 Å². The molecule has 18 heavy (non-hydrogen) atoms. The lowest BCUT2D eigenvalue weighted by molar-refractivity contribution is 0.282. The van der Waals surface area contributed by atoms with Crippen molar-refractivity contribution in [3.05, 3.63) is 0 Å². The van der Waals surface area contributed by atoms with Gasteiger partial charge >= 0.3 is 0 Å². The van der Waals surface area contributed by atoms with Gasteiger partial charge in [0, 0.05) is 19.4 Å². The summed E-state index contributed by atoms with van der Waals surface area (Å²) in [6.07, 6.45) is 16.3. The van der Waals surface area contributed by atoms with Crippen LogP contribution in [0.3, 0.4) is 0 Å². The average molecular weight is 252 g/mol. The van der Waals surface area contributed by atoms with Crippen LogP contribution in [0.4, 0.5) is 0 Å². The number of unbranched alkanes of at least 4 members (excludes halogenated alkanes) is 11. The Bertz CT molecular complexity index is 199. The minimum Gasteiger partial charge on any atom is -0.396 e. The second-order valence-electron chi connectivity index (χ2n) is 5.11. The predicted octanol–water partition coefficient (Wildman–Crippen LogP) is 5.07. The highest BCUT2D eigenvalue weighted by Gasteiger charge is 1.91. The highest BCUT2D eigenvalue weighted by molar-refractivity contribution is 4.98. The summed E-state index contributed by atoms with van der Waals surface area (Å²) >= 11 is 0. The summed E-state index contributed by atoms with van der Waals surface area (Å²) in [5.74, 6) is 6.52. The van der Waals surface area contributed by atoms with Gasteiger partial charge in [-0.3, -0.25) is 0 Å². The SMILES string of the molecule is CCCCC#CCCCCCCCCCCCO. The maximum absolute atomic E-state index is 8.65. The number of aliphatic hydroxyl groups excluding tert-OH is 1. The van der Waals surface area contributed by atoms with Crippen molar-refractivity contribution in [2.75, 3.05) is 6.61 Å². The summed E-state index contributed by atoms with van der Waals surface area (Å²) in [6.45, 7) is 2.57. The lowest BCUT2D eigenvalue weighted by Crippen LogP contribution is -1.84. The molecule has 0 aliphatic carbocycles. The van der Waals surface area contributed by atoms with E-state index in [-0.39, 0.29) is 0 Å². The van der Waals surface area contributed by atoms with E-state index in [4.69, 9.17) is 5.11 Å². The third-order valence-corrected chi connectivity index (χ3v) is 3.24. The van der Waals surface area contributed by atoms with Crippen molar-refractivity contribution in [3.63, 3.8) is 0 Å². The molecule has 0 aromatic carbocycles. The van der Waals surface area contributed by atoms with Crippen LogP contribution in [0.2, 0.25) is 0 Å². The van der Waals surface area contributed by atoms with Gasteiger partial charge in [0.2, 0.25) is 0 Å². The molecule has 0 aromatic rings. The molecule has 0 saturated heterocycles. The van der Waals surface area contributed by atoms with E-state index in [2.05, 4.69) is 18.8 Å². The Balaban J connectivity index is 3.00. The predicted molar refractivity (Wildman–Crippen MR) is 80.6 cm³/mol. The molecule has 0 heterocycles. The molecule has 0 radical (unpaired) electrons. The smallest absolute Gasteiger partial charge is 0.0431 e. The highest BCUT2D eigenvalue weighted by atomic mass is 16.2. The molecule has 0 bridgehead atoms. The second kappa shape index (κ2) is 16.5. The van der Waals surface area contributed by atoms with Crippen LogP contribution in [-0.4, -0.2) is 11.7 Å². The van der Waals surface area contributed by atoms with Crippen molar-refractivity contribution in [1.29, 1.82) is 0 Å². The third kappa shape index (κ3) is 15.5. The first-order chi connectivity index (χ1) is 8.91. The molecule has 0 fully saturated rings. The van der Waals surface area contributed by atoms with E-state index in [1.54, 1.807) is 0 Å². The fraction of sp³-hybridized carbons (Fsp3) is 0.882. The normalized spacial score (nSPS) is 10.1. The zero-order chi connectivity index (χ0) is 13.3. The van der Waals surface area contributed by atoms with Gasteiger partial charge < -0.3 is 5.11 Å². The Morgan fingerprint density at radius 2 is 1.06 bits per heavy atom. The van der Waals surface area contributed by atoms with Crippen LogP contribution in [-0.2, 0) is 0 Å². The monoisotopic (exact) mass is 252 g/mol. The van der Waals surface area contributed by atoms with Gasteiger partial charge in [-0.15, -0.1) is 11.8 Å². The lowest BCUT2D eigenvalue weighted by Gasteiger charge is -2.00. The third-order valence-electron chi connectivity index (χ3n) is 3.24. The van der Waals surface area contributed by atoms with Crippen molar-refractivity contribution >= 4 is 0 Å². The molecular formula is C17H32O. The molecule has 0 rings (SSSR count). The molecule has 0 unspecified atom stereocenters. The van der Waals surface area contributed by atoms with Gasteiger partial charge in [-0.2, -0.15) is 0 Å². The van der Waals surface area contributed by atoms with Gasteiger partial charge in [-0.25, -0.2) is 0 Å². The molecule has 0 spiro atoms. The van der Waals surface area contributed by atoms with Crippen molar-refractivity contribution in [3.8, 4) is 11.8 Å². The first kappa shape index (κ1) is 17.5. The fourth-order valence-corrected chi connectivity index (χ4v) is 2.00. The summed E-state index contributed by atoms with van der Waals surface area (Å²) in [5, 5.41) is 8.65. The van der Waals surface area contributed by atoms with Crippen molar-refractivity contribution in [1.82, 2.24) is 0 Å². The number of aliphatic hydroxyl groups is 1. The number of hydrogen-bond donors (Lipinski definition) is 1. The Morgan fingerprint density at radius 1 is 0.611 bits per heavy atom. The molecule has 0 aromatic heterocycles. The van der Waals surface area contributed by atoms with E-state index in [0.29, 0.717) is 6.61 Å². The van der Waals surface area contributed by atoms with Crippen molar-refractivity contribution in [2.45, 2.75) is 90.4 Å². The second-order valence-corrected chi connectivity index (χ2v) is 5.11. The molecule has 0 amide bonds. The standard InChI is InChI=1S/C17H32O/c1-2-3-4-5-6-7-8-9-10-11-12-13-14-15-16-17-18/h18H,2-4,7-17H2,1H3. The quantitative estimate of drug-likeness (QED) is 0.379. The van der Waals surface area contributed by atoms with E-state index in [1.807, 2.05) is 0 Å². The fourth-order valence-electron chi connectivity index (χ4n) is 2.00. The largest absolute Gasteiger partial charge is 0.396 e. The lowest BCUT2D eigenvalue weighted by atomic mass is 10.1. The van der Waals surface area contributed by atoms with E-state index < -0.39 is 0 Å². The van der Waals surface area contributed by atoms with Gasteiger partial charge in [0.15, 0.2) is 0 Å². The molecule has 106 valence electrons. The summed E-state index contributed by atoms with van der Waals surface area (Å²) in [7, 11) is 0. The van der Waals surface area contributed by atoms with E-state index in [9.17, 15) is 0 Å². The Labute approximate surface area is 114 Å². The van der Waals surface area contributed by atoms with Crippen LogP contribution in [0.1, 0.15) is 90.4 Å². The first-order valence-corrected chi connectivity index (χ1v) is 7.98. The van der Waals surface area contributed by atoms with E-state index in [1.165, 1.54) is 64.2 Å². The topological polar surface area (TPSA) is 20.2 Å². The van der Waals surface area contributed by atoms with Crippen molar-refractivity contribution < 1.29 is 5.11 Å². The van der Waals surface area contributed by atoms with Gasteiger partial charge in [0.25, 0.3) is 0 Å². The summed E-state index contributed by atoms with van der Waals surface area (Å²) in [6, 6.07) is 0. The molecule has 1 heteroatoms. The van der Waals surface area contributed by atoms with Crippen LogP contribution >= 0.6 is 0 Å². The Hall–Kier alpha value is -0.480. The van der Waals surface area contributed by atoms with Gasteiger partial charge in [0.1, 0.15) is 0 Å². The molecular weight excluding hydrogens is 220 g/mol. The minimum atomic E-state index is 0.360. The molecule has 0 saturated carbocycles. The Morgan fingerprint density at radius 3 is 1.56 bits per heavy atom. The molecule has 1 nitrogen and oxygen atoms in total. The summed E-state index contributed by atoms with van der Waals surface area (Å²) < 4.78 is 0. The van der Waals surface area contributed by atoms with Crippen LogP contribution < -0.4 is 0 Å². The molecule has 0 aliphatic heterocycles. The molecule has 0 atom stereocenters. The maximum atomic E-state index is 8.65. The van der Waals surface area contributed by atoms with Crippen LogP contribution in [0.5, 0.6) is 0 Å². The Kier molecular flexibility index (Phi) is 16.1. The van der Waals surface area contributed by atoms with Gasteiger partial charge in [-0.1, -0.05) is 58.3 Å². The van der Waals surface area contributed by atoms with Gasteiger partial charge in [0.05, 0.1) is 0 Å². The van der Waals surface area contributed by atoms with Gasteiger partial charge in [-0.05, 0) is 19.3 Å². The number of rotatable bonds is 12. The van der Waals surface area contributed by atoms with Crippen LogP contribution in [0.15, 0.2) is 0 Å². The minimum absolute atomic E-state index is 0.360. The zero-order valence-corrected chi connectivity index (χ0v) is 12.3. The van der Waals surface area contributed by atoms with E-state index in [0.717, 1.165) is 19.3 Å². The summed E-state index contributed by atoms with van der Waals surface area (Å²) in [4.78, 5) is 0. The van der Waals surface area contributed by atoms with E-state index >= 15 is 0 Å². The summed E-state index contributed by atoms with van der Waals surface area (Å²) in [5.41, 5.74) is 0. The number of hydrogen-bond acceptors (Lipinski definition) is 1. The maximum Gasteiger partial charge on any atom is 0.0431 e. The zero-order valence-electron chi connectivity index (χ0n) is 12.3.